The van der Waals surface area contributed by atoms with E-state index in [-0.39, 0.29) is 22.9 Å². The Morgan fingerprint density at radius 3 is 2.26 bits per heavy atom. The summed E-state index contributed by atoms with van der Waals surface area (Å²) >= 11 is 3.96. The van der Waals surface area contributed by atoms with Gasteiger partial charge in [-0.3, -0.25) is 9.10 Å². The van der Waals surface area contributed by atoms with Crippen LogP contribution in [0.15, 0.2) is 59.5 Å². The van der Waals surface area contributed by atoms with Gasteiger partial charge < -0.3 is 0 Å². The van der Waals surface area contributed by atoms with Crippen LogP contribution in [0.5, 0.6) is 0 Å². The first-order valence-electron chi connectivity index (χ1n) is 7.29. The van der Waals surface area contributed by atoms with Crippen molar-refractivity contribution in [3.8, 4) is 0 Å². The number of carbonyl (C=O) groups is 1. The van der Waals surface area contributed by atoms with E-state index in [0.717, 1.165) is 0 Å². The molecule has 2 rings (SSSR count). The maximum atomic E-state index is 13.1. The lowest BCUT2D eigenvalue weighted by molar-refractivity contribution is -0.116. The van der Waals surface area contributed by atoms with Gasteiger partial charge in [-0.2, -0.15) is 12.6 Å². The predicted molar refractivity (Wildman–Crippen MR) is 95.7 cm³/mol. The van der Waals surface area contributed by atoms with Gasteiger partial charge in [0, 0.05) is 18.7 Å². The van der Waals surface area contributed by atoms with Crippen LogP contribution in [0.4, 0.5) is 5.69 Å². The summed E-state index contributed by atoms with van der Waals surface area (Å²) in [6.45, 7) is 2.09. The fourth-order valence-corrected chi connectivity index (χ4v) is 4.18. The minimum atomic E-state index is -3.73. The van der Waals surface area contributed by atoms with E-state index >= 15 is 0 Å². The number of hydrogen-bond acceptors (Lipinski definition) is 4. The molecule has 0 spiro atoms. The van der Waals surface area contributed by atoms with Crippen LogP contribution in [-0.4, -0.2) is 26.5 Å². The van der Waals surface area contributed by atoms with Gasteiger partial charge in [-0.1, -0.05) is 36.4 Å². The van der Waals surface area contributed by atoms with E-state index in [9.17, 15) is 13.2 Å². The molecule has 0 amide bonds. The van der Waals surface area contributed by atoms with Gasteiger partial charge in [0.15, 0.2) is 0 Å². The number of thiol groups is 1. The Balaban J connectivity index is 2.49. The molecule has 0 fully saturated rings. The van der Waals surface area contributed by atoms with Gasteiger partial charge in [0.05, 0.1) is 10.6 Å². The van der Waals surface area contributed by atoms with Crippen LogP contribution in [0.25, 0.3) is 0 Å². The summed E-state index contributed by atoms with van der Waals surface area (Å²) in [7, 11) is -3.73. The number of ketones is 1. The molecule has 0 aliphatic rings. The van der Waals surface area contributed by atoms with Crippen molar-refractivity contribution in [1.82, 2.24) is 0 Å². The third-order valence-electron chi connectivity index (χ3n) is 3.44. The molecule has 0 N–H and O–H groups in total. The highest BCUT2D eigenvalue weighted by atomic mass is 32.2. The van der Waals surface area contributed by atoms with Gasteiger partial charge in [-0.15, -0.1) is 0 Å². The van der Waals surface area contributed by atoms with E-state index in [4.69, 9.17) is 0 Å². The van der Waals surface area contributed by atoms with Crippen LogP contribution >= 0.6 is 12.6 Å². The average molecular weight is 349 g/mol. The van der Waals surface area contributed by atoms with Gasteiger partial charge in [-0.25, -0.2) is 8.42 Å². The number of para-hydroxylation sites is 1. The van der Waals surface area contributed by atoms with Crippen molar-refractivity contribution in [2.24, 2.45) is 0 Å². The van der Waals surface area contributed by atoms with Crippen LogP contribution in [0, 0.1) is 0 Å². The fourth-order valence-electron chi connectivity index (χ4n) is 2.37. The van der Waals surface area contributed by atoms with Gasteiger partial charge in [-0.05, 0) is 30.7 Å². The fraction of sp³-hybridized carbons (Fsp3) is 0.235. The third kappa shape index (κ3) is 3.95. The smallest absolute Gasteiger partial charge is 0.264 e. The van der Waals surface area contributed by atoms with Crippen molar-refractivity contribution >= 4 is 34.1 Å². The topological polar surface area (TPSA) is 54.5 Å². The van der Waals surface area contributed by atoms with Crippen LogP contribution in [0.1, 0.15) is 12.5 Å². The largest absolute Gasteiger partial charge is 0.298 e. The summed E-state index contributed by atoms with van der Waals surface area (Å²) < 4.78 is 27.4. The lowest BCUT2D eigenvalue weighted by atomic mass is 10.1. The maximum absolute atomic E-state index is 13.1. The summed E-state index contributed by atoms with van der Waals surface area (Å²) in [6.07, 6.45) is 0.0608. The zero-order valence-electron chi connectivity index (χ0n) is 12.8. The predicted octanol–water partition coefficient (Wildman–Crippen LogP) is 2.94. The highest BCUT2D eigenvalue weighted by Gasteiger charge is 2.26. The lowest BCUT2D eigenvalue weighted by Gasteiger charge is -2.24. The van der Waals surface area contributed by atoms with Crippen molar-refractivity contribution in [1.29, 1.82) is 0 Å². The average Bonchev–Trinajstić information content (AvgIpc) is 2.56. The molecule has 122 valence electrons. The molecule has 6 heteroatoms. The number of sulfonamides is 1. The Kier molecular flexibility index (Phi) is 5.85. The third-order valence-corrected chi connectivity index (χ3v) is 5.79. The van der Waals surface area contributed by atoms with Crippen LogP contribution in [0.3, 0.4) is 0 Å². The maximum Gasteiger partial charge on any atom is 0.264 e. The summed E-state index contributed by atoms with van der Waals surface area (Å²) in [5.74, 6) is -0.0244. The van der Waals surface area contributed by atoms with Crippen molar-refractivity contribution in [2.45, 2.75) is 18.2 Å². The van der Waals surface area contributed by atoms with Gasteiger partial charge >= 0.3 is 0 Å². The Labute approximate surface area is 142 Å². The molecule has 23 heavy (non-hydrogen) atoms. The molecule has 0 aliphatic carbocycles. The molecule has 2 aromatic carbocycles. The summed E-state index contributed by atoms with van der Waals surface area (Å²) in [5, 5.41) is 0. The Bertz CT molecular complexity index is 773. The first-order chi connectivity index (χ1) is 11.0. The number of benzene rings is 2. The van der Waals surface area contributed by atoms with Gasteiger partial charge in [0.1, 0.15) is 5.78 Å². The van der Waals surface area contributed by atoms with Crippen molar-refractivity contribution in [2.75, 3.05) is 16.6 Å². The van der Waals surface area contributed by atoms with Crippen LogP contribution in [-0.2, 0) is 21.2 Å². The van der Waals surface area contributed by atoms with Crippen LogP contribution in [0.2, 0.25) is 0 Å². The molecule has 0 radical (unpaired) electrons. The van der Waals surface area contributed by atoms with Crippen molar-refractivity contribution in [3.63, 3.8) is 0 Å². The molecule has 2 aromatic rings. The second-order valence-corrected chi connectivity index (χ2v) is 7.13. The van der Waals surface area contributed by atoms with Gasteiger partial charge in [0.2, 0.25) is 0 Å². The number of hydrogen-bond donors (Lipinski definition) is 1. The monoisotopic (exact) mass is 349 g/mol. The normalized spacial score (nSPS) is 11.2. The zero-order chi connectivity index (χ0) is 16.9. The molecule has 0 aromatic heterocycles. The second kappa shape index (κ2) is 7.66. The minimum absolute atomic E-state index is 0.0608. The van der Waals surface area contributed by atoms with Crippen molar-refractivity contribution < 1.29 is 13.2 Å². The number of nitrogens with zero attached hydrogens (tertiary/aromatic N) is 1. The molecular weight excluding hydrogens is 330 g/mol. The summed E-state index contributed by atoms with van der Waals surface area (Å²) in [5.41, 5.74) is 1.10. The molecule has 0 saturated heterocycles. The Hall–Kier alpha value is -1.79. The molecule has 0 heterocycles. The molecule has 4 nitrogen and oxygen atoms in total. The summed E-state index contributed by atoms with van der Waals surface area (Å²) in [4.78, 5) is 11.9. The molecule has 0 atom stereocenters. The van der Waals surface area contributed by atoms with E-state index < -0.39 is 10.0 Å². The number of carbonyl (C=O) groups excluding carboxylic acids is 1. The minimum Gasteiger partial charge on any atom is -0.298 e. The molecule has 0 aliphatic heterocycles. The van der Waals surface area contributed by atoms with E-state index in [2.05, 4.69) is 12.6 Å². The number of anilines is 1. The van der Waals surface area contributed by atoms with Crippen molar-refractivity contribution in [3.05, 3.63) is 60.2 Å². The SMILES string of the molecule is CCN(c1ccccc1)S(=O)(=O)c1ccccc1CC(=O)CS. The van der Waals surface area contributed by atoms with Crippen LogP contribution < -0.4 is 4.31 Å². The summed E-state index contributed by atoms with van der Waals surface area (Å²) in [6, 6.07) is 15.6. The highest BCUT2D eigenvalue weighted by molar-refractivity contribution is 7.92. The Morgan fingerprint density at radius 1 is 1.04 bits per heavy atom. The second-order valence-electron chi connectivity index (χ2n) is 4.99. The zero-order valence-corrected chi connectivity index (χ0v) is 14.6. The Morgan fingerprint density at radius 2 is 1.65 bits per heavy atom. The lowest BCUT2D eigenvalue weighted by Crippen LogP contribution is -2.31. The first kappa shape index (κ1) is 17.6. The highest BCUT2D eigenvalue weighted by Crippen LogP contribution is 2.26. The number of rotatable bonds is 7. The van der Waals surface area contributed by atoms with E-state index in [0.29, 0.717) is 17.8 Å². The molecule has 0 bridgehead atoms. The molecular formula is C17H19NO3S2. The van der Waals surface area contributed by atoms with E-state index in [1.54, 1.807) is 55.5 Å². The standard InChI is InChI=1S/C17H19NO3S2/c1-2-18(15-9-4-3-5-10-15)23(20,21)17-11-7-6-8-14(17)12-16(19)13-22/h3-11,22H,2,12-13H2,1H3. The quantitative estimate of drug-likeness (QED) is 0.782. The molecule has 0 saturated carbocycles. The van der Waals surface area contributed by atoms with Gasteiger partial charge in [0.25, 0.3) is 10.0 Å². The van der Waals surface area contributed by atoms with E-state index in [1.165, 1.54) is 4.31 Å². The number of Topliss-reactive ketones (excluding diaryl/α,β-unsaturated/α-hetero) is 1. The molecule has 0 unspecified atom stereocenters. The first-order valence-corrected chi connectivity index (χ1v) is 9.36. The van der Waals surface area contributed by atoms with E-state index in [1.807, 2.05) is 6.07 Å².